The first kappa shape index (κ1) is 16.7. The maximum Gasteiger partial charge on any atom is 0.267 e. The third-order valence-corrected chi connectivity index (χ3v) is 3.65. The van der Waals surface area contributed by atoms with Crippen LogP contribution in [0.25, 0.3) is 11.5 Å². The zero-order valence-corrected chi connectivity index (χ0v) is 13.3. The second-order valence-corrected chi connectivity index (χ2v) is 5.41. The lowest BCUT2D eigenvalue weighted by Crippen LogP contribution is -2.36. The van der Waals surface area contributed by atoms with Gasteiger partial charge in [0.05, 0.1) is 18.9 Å². The molecule has 0 aliphatic carbocycles. The van der Waals surface area contributed by atoms with E-state index in [0.717, 1.165) is 10.2 Å². The number of furan rings is 1. The van der Waals surface area contributed by atoms with Gasteiger partial charge in [0.1, 0.15) is 12.2 Å². The van der Waals surface area contributed by atoms with Crippen molar-refractivity contribution in [3.05, 3.63) is 76.8 Å². The van der Waals surface area contributed by atoms with Gasteiger partial charge in [0.25, 0.3) is 5.56 Å². The van der Waals surface area contributed by atoms with Gasteiger partial charge in [0.2, 0.25) is 5.91 Å². The van der Waals surface area contributed by atoms with Crippen molar-refractivity contribution in [1.29, 1.82) is 0 Å². The normalized spacial score (nSPS) is 11.9. The fraction of sp³-hybridized carbons (Fsp3) is 0.167. The first-order valence-electron chi connectivity index (χ1n) is 7.74. The highest BCUT2D eigenvalue weighted by Crippen LogP contribution is 2.15. The van der Waals surface area contributed by atoms with Crippen molar-refractivity contribution in [3.8, 4) is 11.5 Å². The summed E-state index contributed by atoms with van der Waals surface area (Å²) in [5, 5.41) is 16.4. The fourth-order valence-corrected chi connectivity index (χ4v) is 2.41. The Bertz CT molecular complexity index is 888. The van der Waals surface area contributed by atoms with E-state index in [9.17, 15) is 14.7 Å². The molecule has 0 saturated heterocycles. The largest absolute Gasteiger partial charge is 0.463 e. The highest BCUT2D eigenvalue weighted by atomic mass is 16.3. The van der Waals surface area contributed by atoms with E-state index >= 15 is 0 Å². The van der Waals surface area contributed by atoms with Gasteiger partial charge < -0.3 is 14.8 Å². The summed E-state index contributed by atoms with van der Waals surface area (Å²) < 4.78 is 6.31. The van der Waals surface area contributed by atoms with Gasteiger partial charge in [0, 0.05) is 6.07 Å². The summed E-state index contributed by atoms with van der Waals surface area (Å²) in [6, 6.07) is 14.9. The molecule has 1 amide bonds. The predicted octanol–water partition coefficient (Wildman–Crippen LogP) is 1.35. The van der Waals surface area contributed by atoms with Gasteiger partial charge in [-0.3, -0.25) is 9.59 Å². The number of aliphatic hydroxyl groups excluding tert-OH is 1. The van der Waals surface area contributed by atoms with Crippen molar-refractivity contribution >= 4 is 5.91 Å². The van der Waals surface area contributed by atoms with Gasteiger partial charge in [-0.15, -0.1) is 0 Å². The van der Waals surface area contributed by atoms with E-state index in [1.807, 2.05) is 30.3 Å². The molecule has 2 aromatic heterocycles. The van der Waals surface area contributed by atoms with Crippen LogP contribution in [0.3, 0.4) is 0 Å². The van der Waals surface area contributed by atoms with E-state index in [1.54, 1.807) is 12.1 Å². The van der Waals surface area contributed by atoms with E-state index in [0.29, 0.717) is 11.5 Å². The van der Waals surface area contributed by atoms with E-state index in [1.165, 1.54) is 18.4 Å². The van der Waals surface area contributed by atoms with Crippen molar-refractivity contribution in [3.63, 3.8) is 0 Å². The molecule has 1 atom stereocenters. The predicted molar refractivity (Wildman–Crippen MR) is 90.6 cm³/mol. The molecular formula is C18H17N3O4. The molecule has 0 fully saturated rings. The van der Waals surface area contributed by atoms with Crippen LogP contribution < -0.4 is 10.9 Å². The van der Waals surface area contributed by atoms with Crippen LogP contribution in [0.4, 0.5) is 0 Å². The van der Waals surface area contributed by atoms with Gasteiger partial charge in [-0.05, 0) is 23.8 Å². The fourth-order valence-electron chi connectivity index (χ4n) is 2.41. The average molecular weight is 339 g/mol. The van der Waals surface area contributed by atoms with Crippen LogP contribution >= 0.6 is 0 Å². The average Bonchev–Trinajstić information content (AvgIpc) is 3.17. The van der Waals surface area contributed by atoms with Crippen LogP contribution in [0, 0.1) is 0 Å². The second-order valence-electron chi connectivity index (χ2n) is 5.41. The topological polar surface area (TPSA) is 97.4 Å². The van der Waals surface area contributed by atoms with E-state index in [2.05, 4.69) is 10.4 Å². The Kier molecular flexibility index (Phi) is 5.06. The molecule has 7 heteroatoms. The summed E-state index contributed by atoms with van der Waals surface area (Å²) in [4.78, 5) is 24.2. The smallest absolute Gasteiger partial charge is 0.267 e. The molecule has 0 spiro atoms. The van der Waals surface area contributed by atoms with E-state index in [4.69, 9.17) is 4.42 Å². The number of nitrogens with zero attached hydrogens (tertiary/aromatic N) is 2. The number of hydrogen-bond acceptors (Lipinski definition) is 5. The number of benzene rings is 1. The summed E-state index contributed by atoms with van der Waals surface area (Å²) >= 11 is 0. The maximum absolute atomic E-state index is 12.3. The number of nitrogens with one attached hydrogen (secondary N) is 1. The lowest BCUT2D eigenvalue weighted by molar-refractivity contribution is -0.123. The molecule has 2 N–H and O–H groups in total. The Labute approximate surface area is 143 Å². The monoisotopic (exact) mass is 339 g/mol. The van der Waals surface area contributed by atoms with Crippen molar-refractivity contribution in [2.24, 2.45) is 0 Å². The second kappa shape index (κ2) is 7.59. The van der Waals surface area contributed by atoms with Crippen molar-refractivity contribution < 1.29 is 14.3 Å². The SMILES string of the molecule is O=C(Cn1nc(-c2ccco2)ccc1=O)N[C@H](CO)c1ccccc1. The van der Waals surface area contributed by atoms with Crippen LogP contribution in [0.15, 0.2) is 70.1 Å². The molecule has 25 heavy (non-hydrogen) atoms. The lowest BCUT2D eigenvalue weighted by atomic mass is 10.1. The van der Waals surface area contributed by atoms with E-state index < -0.39 is 17.5 Å². The third kappa shape index (κ3) is 4.02. The van der Waals surface area contributed by atoms with Gasteiger partial charge in [-0.25, -0.2) is 4.68 Å². The Morgan fingerprint density at radius 2 is 1.96 bits per heavy atom. The molecule has 0 radical (unpaired) electrons. The standard InChI is InChI=1S/C18H17N3O4/c22-12-15(13-5-2-1-3-6-13)19-17(23)11-21-18(24)9-8-14(20-21)16-7-4-10-25-16/h1-10,15,22H,11-12H2,(H,19,23)/t15-/m1/s1. The van der Waals surface area contributed by atoms with Crippen LogP contribution in [0.1, 0.15) is 11.6 Å². The van der Waals surface area contributed by atoms with Gasteiger partial charge >= 0.3 is 0 Å². The minimum Gasteiger partial charge on any atom is -0.463 e. The molecule has 0 unspecified atom stereocenters. The molecular weight excluding hydrogens is 322 g/mol. The Morgan fingerprint density at radius 1 is 1.16 bits per heavy atom. The first-order chi connectivity index (χ1) is 12.2. The summed E-state index contributed by atoms with van der Waals surface area (Å²) in [5.74, 6) is 0.0841. The zero-order chi connectivity index (χ0) is 17.6. The van der Waals surface area contributed by atoms with Gasteiger partial charge in [-0.2, -0.15) is 5.10 Å². The lowest BCUT2D eigenvalue weighted by Gasteiger charge is -2.17. The zero-order valence-electron chi connectivity index (χ0n) is 13.3. The molecule has 0 bridgehead atoms. The number of rotatable bonds is 6. The highest BCUT2D eigenvalue weighted by Gasteiger charge is 2.15. The van der Waals surface area contributed by atoms with Crippen molar-refractivity contribution in [2.45, 2.75) is 12.6 Å². The van der Waals surface area contributed by atoms with Crippen LogP contribution in [0.5, 0.6) is 0 Å². The number of carbonyl (C=O) groups excluding carboxylic acids is 1. The van der Waals surface area contributed by atoms with Crippen LogP contribution in [0.2, 0.25) is 0 Å². The first-order valence-corrected chi connectivity index (χ1v) is 7.74. The minimum atomic E-state index is -0.544. The van der Waals surface area contributed by atoms with Crippen LogP contribution in [-0.2, 0) is 11.3 Å². The Morgan fingerprint density at radius 3 is 2.64 bits per heavy atom. The molecule has 0 aliphatic rings. The number of carbonyl (C=O) groups is 1. The van der Waals surface area contributed by atoms with E-state index in [-0.39, 0.29) is 13.2 Å². The molecule has 7 nitrogen and oxygen atoms in total. The van der Waals surface area contributed by atoms with Gasteiger partial charge in [-0.1, -0.05) is 30.3 Å². The maximum atomic E-state index is 12.3. The Hall–Kier alpha value is -3.19. The van der Waals surface area contributed by atoms with Crippen molar-refractivity contribution in [1.82, 2.24) is 15.1 Å². The van der Waals surface area contributed by atoms with Crippen LogP contribution in [-0.4, -0.2) is 27.4 Å². The highest BCUT2D eigenvalue weighted by molar-refractivity contribution is 5.76. The number of amides is 1. The molecule has 0 saturated carbocycles. The molecule has 1 aromatic carbocycles. The molecule has 3 aromatic rings. The minimum absolute atomic E-state index is 0.246. The molecule has 3 rings (SSSR count). The third-order valence-electron chi connectivity index (χ3n) is 3.65. The number of aliphatic hydroxyl groups is 1. The number of aromatic nitrogens is 2. The Balaban J connectivity index is 1.74. The molecule has 0 aliphatic heterocycles. The van der Waals surface area contributed by atoms with Crippen molar-refractivity contribution in [2.75, 3.05) is 6.61 Å². The number of hydrogen-bond donors (Lipinski definition) is 2. The summed E-state index contributed by atoms with van der Waals surface area (Å²) in [7, 11) is 0. The summed E-state index contributed by atoms with van der Waals surface area (Å²) in [6.07, 6.45) is 1.50. The molecule has 2 heterocycles. The quantitative estimate of drug-likeness (QED) is 0.706. The summed E-state index contributed by atoms with van der Waals surface area (Å²) in [6.45, 7) is -0.499. The van der Waals surface area contributed by atoms with Gasteiger partial charge in [0.15, 0.2) is 5.76 Å². The summed E-state index contributed by atoms with van der Waals surface area (Å²) in [5.41, 5.74) is 0.841. The molecule has 128 valence electrons.